The molecule has 0 amide bonds. The van der Waals surface area contributed by atoms with Crippen molar-refractivity contribution in [1.82, 2.24) is 4.98 Å². The fourth-order valence-electron chi connectivity index (χ4n) is 4.55. The van der Waals surface area contributed by atoms with Gasteiger partial charge < -0.3 is 5.73 Å². The number of nitrogens with zero attached hydrogens (tertiary/aromatic N) is 1. The molecule has 2 aliphatic rings. The number of hydrogen-bond donors (Lipinski definition) is 1. The SMILES string of the molecule is CC[C@@H](N)C1[C@H]2CC(c3ccnc4ccc(F)cc34)C[C@@H]12. The van der Waals surface area contributed by atoms with Crippen LogP contribution in [0, 0.1) is 23.6 Å². The Bertz CT molecular complexity index is 672. The molecule has 0 radical (unpaired) electrons. The number of aromatic nitrogens is 1. The van der Waals surface area contributed by atoms with Crippen LogP contribution in [0.1, 0.15) is 37.7 Å². The van der Waals surface area contributed by atoms with Gasteiger partial charge in [0.05, 0.1) is 5.52 Å². The maximum atomic E-state index is 13.6. The second-order valence-electron chi connectivity index (χ2n) is 6.71. The molecular weight excluding hydrogens is 263 g/mol. The van der Waals surface area contributed by atoms with Crippen LogP contribution >= 0.6 is 0 Å². The highest BCUT2D eigenvalue weighted by Crippen LogP contribution is 2.63. The first-order chi connectivity index (χ1) is 10.2. The fourth-order valence-corrected chi connectivity index (χ4v) is 4.55. The number of pyridine rings is 1. The lowest BCUT2D eigenvalue weighted by Crippen LogP contribution is -2.24. The largest absolute Gasteiger partial charge is 0.327 e. The van der Waals surface area contributed by atoms with Crippen molar-refractivity contribution >= 4 is 10.9 Å². The van der Waals surface area contributed by atoms with Crippen molar-refractivity contribution in [3.8, 4) is 0 Å². The number of fused-ring (bicyclic) bond motifs is 2. The number of halogens is 1. The van der Waals surface area contributed by atoms with Gasteiger partial charge in [-0.25, -0.2) is 4.39 Å². The van der Waals surface area contributed by atoms with Crippen molar-refractivity contribution in [1.29, 1.82) is 0 Å². The highest BCUT2D eigenvalue weighted by atomic mass is 19.1. The normalized spacial score (nSPS) is 32.1. The van der Waals surface area contributed by atoms with E-state index in [0.29, 0.717) is 12.0 Å². The van der Waals surface area contributed by atoms with E-state index in [9.17, 15) is 4.39 Å². The molecule has 0 spiro atoms. The molecule has 0 bridgehead atoms. The third kappa shape index (κ3) is 2.06. The summed E-state index contributed by atoms with van der Waals surface area (Å²) < 4.78 is 13.6. The van der Waals surface area contributed by atoms with Crippen LogP contribution in [0.3, 0.4) is 0 Å². The molecule has 2 aromatic rings. The first kappa shape index (κ1) is 13.2. The highest BCUT2D eigenvalue weighted by Gasteiger charge is 2.57. The average Bonchev–Trinajstić information content (AvgIpc) is 3.00. The lowest BCUT2D eigenvalue weighted by Gasteiger charge is -2.19. The standard InChI is InChI=1S/C18H21FN2/c1-2-16(20)18-14-7-10(8-15(14)18)12-5-6-21-17-4-3-11(19)9-13(12)17/h3-6,9-10,14-16,18H,2,7-8,20H2,1H3/t10?,14-,15+,16-,18?/m1/s1. The Labute approximate surface area is 124 Å². The summed E-state index contributed by atoms with van der Waals surface area (Å²) in [7, 11) is 0. The molecule has 1 heterocycles. The zero-order chi connectivity index (χ0) is 14.6. The predicted octanol–water partition coefficient (Wildman–Crippen LogP) is 3.85. The Morgan fingerprint density at radius 3 is 2.76 bits per heavy atom. The van der Waals surface area contributed by atoms with Gasteiger partial charge in [0.1, 0.15) is 5.82 Å². The van der Waals surface area contributed by atoms with E-state index < -0.39 is 0 Å². The Hall–Kier alpha value is -1.48. The molecular formula is C18H21FN2. The second-order valence-corrected chi connectivity index (χ2v) is 6.71. The van der Waals surface area contributed by atoms with Crippen LogP contribution in [0.15, 0.2) is 30.5 Å². The molecule has 21 heavy (non-hydrogen) atoms. The average molecular weight is 284 g/mol. The first-order valence-corrected chi connectivity index (χ1v) is 7.98. The van der Waals surface area contributed by atoms with Gasteiger partial charge in [0.2, 0.25) is 0 Å². The summed E-state index contributed by atoms with van der Waals surface area (Å²) in [6.45, 7) is 2.18. The predicted molar refractivity (Wildman–Crippen MR) is 82.4 cm³/mol. The van der Waals surface area contributed by atoms with Crippen molar-refractivity contribution in [2.45, 2.75) is 38.1 Å². The van der Waals surface area contributed by atoms with Crippen molar-refractivity contribution in [2.24, 2.45) is 23.5 Å². The molecule has 110 valence electrons. The molecule has 0 aliphatic heterocycles. The van der Waals surface area contributed by atoms with Gasteiger partial charge in [0, 0.05) is 17.6 Å². The zero-order valence-electron chi connectivity index (χ0n) is 12.3. The quantitative estimate of drug-likeness (QED) is 0.929. The summed E-state index contributed by atoms with van der Waals surface area (Å²) in [6.07, 6.45) is 5.35. The molecule has 2 nitrogen and oxygen atoms in total. The summed E-state index contributed by atoms with van der Waals surface area (Å²) in [5.74, 6) is 2.69. The lowest BCUT2D eigenvalue weighted by molar-refractivity contribution is 0.452. The van der Waals surface area contributed by atoms with Crippen LogP contribution in [0.25, 0.3) is 10.9 Å². The fraction of sp³-hybridized carbons (Fsp3) is 0.500. The molecule has 2 unspecified atom stereocenters. The maximum Gasteiger partial charge on any atom is 0.123 e. The van der Waals surface area contributed by atoms with Crippen molar-refractivity contribution in [3.05, 3.63) is 41.8 Å². The van der Waals surface area contributed by atoms with E-state index >= 15 is 0 Å². The van der Waals surface area contributed by atoms with Gasteiger partial charge in [-0.2, -0.15) is 0 Å². The van der Waals surface area contributed by atoms with Gasteiger partial charge >= 0.3 is 0 Å². The summed E-state index contributed by atoms with van der Waals surface area (Å²) in [5, 5.41) is 0.986. The van der Waals surface area contributed by atoms with E-state index in [1.165, 1.54) is 24.5 Å². The number of nitrogens with two attached hydrogens (primary N) is 1. The van der Waals surface area contributed by atoms with E-state index in [1.807, 2.05) is 6.20 Å². The van der Waals surface area contributed by atoms with Crippen molar-refractivity contribution in [2.75, 3.05) is 0 Å². The molecule has 0 saturated heterocycles. The maximum absolute atomic E-state index is 13.6. The van der Waals surface area contributed by atoms with Gasteiger partial charge in [-0.05, 0) is 72.8 Å². The monoisotopic (exact) mass is 284 g/mol. The molecule has 1 aromatic heterocycles. The Morgan fingerprint density at radius 1 is 1.29 bits per heavy atom. The minimum Gasteiger partial charge on any atom is -0.327 e. The second kappa shape index (κ2) is 4.77. The lowest BCUT2D eigenvalue weighted by atomic mass is 9.88. The molecule has 5 atom stereocenters. The molecule has 2 N–H and O–H groups in total. The topological polar surface area (TPSA) is 38.9 Å². The highest BCUT2D eigenvalue weighted by molar-refractivity contribution is 5.82. The van der Waals surface area contributed by atoms with Gasteiger partial charge in [0.25, 0.3) is 0 Å². The zero-order valence-corrected chi connectivity index (χ0v) is 12.3. The Morgan fingerprint density at radius 2 is 2.05 bits per heavy atom. The Balaban J connectivity index is 1.61. The van der Waals surface area contributed by atoms with Crippen LogP contribution in [-0.2, 0) is 0 Å². The minimum absolute atomic E-state index is 0.175. The van der Waals surface area contributed by atoms with E-state index in [-0.39, 0.29) is 5.82 Å². The van der Waals surface area contributed by atoms with E-state index in [2.05, 4.69) is 18.0 Å². The third-order valence-corrected chi connectivity index (χ3v) is 5.65. The Kier molecular flexibility index (Phi) is 3.00. The number of hydrogen-bond acceptors (Lipinski definition) is 2. The summed E-state index contributed by atoms with van der Waals surface area (Å²) in [4.78, 5) is 4.35. The summed E-state index contributed by atoms with van der Waals surface area (Å²) in [5.41, 5.74) is 8.38. The summed E-state index contributed by atoms with van der Waals surface area (Å²) in [6, 6.07) is 7.34. The first-order valence-electron chi connectivity index (χ1n) is 7.98. The molecule has 2 fully saturated rings. The van der Waals surface area contributed by atoms with Gasteiger partial charge in [-0.3, -0.25) is 4.98 Å². The molecule has 4 rings (SSSR count). The van der Waals surface area contributed by atoms with Crippen molar-refractivity contribution in [3.63, 3.8) is 0 Å². The van der Waals surface area contributed by atoms with Crippen LogP contribution < -0.4 is 5.73 Å². The van der Waals surface area contributed by atoms with Crippen LogP contribution in [-0.4, -0.2) is 11.0 Å². The number of benzene rings is 1. The third-order valence-electron chi connectivity index (χ3n) is 5.65. The van der Waals surface area contributed by atoms with Crippen LogP contribution in [0.2, 0.25) is 0 Å². The number of rotatable bonds is 3. The molecule has 1 aromatic carbocycles. The molecule has 2 saturated carbocycles. The van der Waals surface area contributed by atoms with Crippen LogP contribution in [0.5, 0.6) is 0 Å². The van der Waals surface area contributed by atoms with Gasteiger partial charge in [0.15, 0.2) is 0 Å². The minimum atomic E-state index is -0.175. The molecule has 3 heteroatoms. The van der Waals surface area contributed by atoms with Crippen molar-refractivity contribution < 1.29 is 4.39 Å². The molecule has 2 aliphatic carbocycles. The van der Waals surface area contributed by atoms with E-state index in [0.717, 1.165) is 35.1 Å². The summed E-state index contributed by atoms with van der Waals surface area (Å²) >= 11 is 0. The van der Waals surface area contributed by atoms with Gasteiger partial charge in [-0.15, -0.1) is 0 Å². The van der Waals surface area contributed by atoms with E-state index in [4.69, 9.17) is 5.73 Å². The van der Waals surface area contributed by atoms with Gasteiger partial charge in [-0.1, -0.05) is 6.92 Å². The smallest absolute Gasteiger partial charge is 0.123 e. The van der Waals surface area contributed by atoms with E-state index in [1.54, 1.807) is 12.1 Å². The van der Waals surface area contributed by atoms with Crippen LogP contribution in [0.4, 0.5) is 4.39 Å².